The van der Waals surface area contributed by atoms with Crippen LogP contribution in [0.15, 0.2) is 36.7 Å². The molecule has 2 heterocycles. The molecule has 0 aliphatic carbocycles. The number of nitrogens with two attached hydrogens (primary N) is 1. The minimum absolute atomic E-state index is 0.171. The predicted octanol–water partition coefficient (Wildman–Crippen LogP) is 1.75. The van der Waals surface area contributed by atoms with Crippen molar-refractivity contribution in [3.63, 3.8) is 0 Å². The zero-order valence-corrected chi connectivity index (χ0v) is 9.64. The Kier molecular flexibility index (Phi) is 3.62. The molecule has 2 aromatic heterocycles. The highest BCUT2D eigenvalue weighted by Crippen LogP contribution is 2.21. The molecule has 0 radical (unpaired) electrons. The highest BCUT2D eigenvalue weighted by molar-refractivity contribution is 5.91. The number of carbonyl (C=O) groups is 1. The Morgan fingerprint density at radius 2 is 2.11 bits per heavy atom. The van der Waals surface area contributed by atoms with Crippen LogP contribution in [-0.2, 0) is 6.42 Å². The molecule has 5 heteroatoms. The molecule has 0 saturated carbocycles. The van der Waals surface area contributed by atoms with Gasteiger partial charge in [-0.05, 0) is 23.8 Å². The van der Waals surface area contributed by atoms with Crippen LogP contribution >= 0.6 is 0 Å². The van der Waals surface area contributed by atoms with Crippen molar-refractivity contribution in [3.8, 4) is 11.3 Å². The van der Waals surface area contributed by atoms with E-state index >= 15 is 0 Å². The summed E-state index contributed by atoms with van der Waals surface area (Å²) in [6.07, 6.45) is 3.40. The number of hydrogen-bond donors (Lipinski definition) is 1. The van der Waals surface area contributed by atoms with Gasteiger partial charge in [0, 0.05) is 24.4 Å². The van der Waals surface area contributed by atoms with Crippen molar-refractivity contribution in [2.24, 2.45) is 5.73 Å². The fourth-order valence-electron chi connectivity index (χ4n) is 1.71. The summed E-state index contributed by atoms with van der Waals surface area (Å²) >= 11 is 0. The Hall–Kier alpha value is -2.30. The quantitative estimate of drug-likeness (QED) is 0.892. The number of primary amides is 1. The molecule has 92 valence electrons. The topological polar surface area (TPSA) is 68.9 Å². The van der Waals surface area contributed by atoms with Gasteiger partial charge in [-0.25, -0.2) is 0 Å². The first-order valence-corrected chi connectivity index (χ1v) is 5.48. The van der Waals surface area contributed by atoms with Crippen molar-refractivity contribution < 1.29 is 9.18 Å². The van der Waals surface area contributed by atoms with E-state index in [2.05, 4.69) is 9.97 Å². The normalized spacial score (nSPS) is 10.3. The average molecular weight is 245 g/mol. The number of amides is 1. The molecule has 18 heavy (non-hydrogen) atoms. The first-order valence-electron chi connectivity index (χ1n) is 5.48. The summed E-state index contributed by atoms with van der Waals surface area (Å²) in [5.74, 6) is -0.597. The second-order valence-electron chi connectivity index (χ2n) is 3.74. The average Bonchev–Trinajstić information content (AvgIpc) is 2.40. The van der Waals surface area contributed by atoms with Crippen LogP contribution in [0.4, 0.5) is 4.39 Å². The van der Waals surface area contributed by atoms with Gasteiger partial charge in [-0.15, -0.1) is 0 Å². The molecule has 1 amide bonds. The van der Waals surface area contributed by atoms with Gasteiger partial charge in [-0.2, -0.15) is 0 Å². The van der Waals surface area contributed by atoms with Crippen molar-refractivity contribution >= 4 is 5.91 Å². The van der Waals surface area contributed by atoms with Gasteiger partial charge in [0.2, 0.25) is 0 Å². The Labute approximate surface area is 104 Å². The summed E-state index contributed by atoms with van der Waals surface area (Å²) in [5.41, 5.74) is 7.50. The van der Waals surface area contributed by atoms with Gasteiger partial charge in [-0.3, -0.25) is 19.2 Å². The summed E-state index contributed by atoms with van der Waals surface area (Å²) < 4.78 is 12.5. The summed E-state index contributed by atoms with van der Waals surface area (Å²) in [7, 11) is 0. The first kappa shape index (κ1) is 12.2. The van der Waals surface area contributed by atoms with Gasteiger partial charge in [0.1, 0.15) is 5.69 Å². The second-order valence-corrected chi connectivity index (χ2v) is 3.74. The Bertz CT molecular complexity index is 572. The second kappa shape index (κ2) is 5.35. The lowest BCUT2D eigenvalue weighted by molar-refractivity contribution is 0.0995. The number of aromatic nitrogens is 2. The molecule has 0 saturated heterocycles. The van der Waals surface area contributed by atoms with Gasteiger partial charge in [-0.1, -0.05) is 6.07 Å². The lowest BCUT2D eigenvalue weighted by atomic mass is 10.0. The minimum Gasteiger partial charge on any atom is -0.364 e. The number of nitrogens with zero attached hydrogens (tertiary/aromatic N) is 2. The van der Waals surface area contributed by atoms with Crippen molar-refractivity contribution in [2.75, 3.05) is 6.67 Å². The van der Waals surface area contributed by atoms with E-state index < -0.39 is 12.6 Å². The van der Waals surface area contributed by atoms with E-state index in [1.165, 1.54) is 6.20 Å². The van der Waals surface area contributed by atoms with E-state index in [1.807, 2.05) is 6.07 Å². The third kappa shape index (κ3) is 2.51. The van der Waals surface area contributed by atoms with Crippen molar-refractivity contribution in [3.05, 3.63) is 47.9 Å². The highest BCUT2D eigenvalue weighted by Gasteiger charge is 2.09. The van der Waals surface area contributed by atoms with E-state index in [0.29, 0.717) is 11.3 Å². The molecular weight excluding hydrogens is 233 g/mol. The van der Waals surface area contributed by atoms with Crippen molar-refractivity contribution in [1.29, 1.82) is 0 Å². The number of hydrogen-bond acceptors (Lipinski definition) is 3. The fourth-order valence-corrected chi connectivity index (χ4v) is 1.71. The molecule has 0 spiro atoms. The predicted molar refractivity (Wildman–Crippen MR) is 65.7 cm³/mol. The van der Waals surface area contributed by atoms with Crippen LogP contribution in [-0.4, -0.2) is 22.5 Å². The zero-order chi connectivity index (χ0) is 13.0. The largest absolute Gasteiger partial charge is 0.364 e. The summed E-state index contributed by atoms with van der Waals surface area (Å²) in [6, 6.07) is 6.85. The van der Waals surface area contributed by atoms with E-state index in [4.69, 9.17) is 5.73 Å². The molecular formula is C13H12FN3O. The maximum Gasteiger partial charge on any atom is 0.267 e. The molecule has 2 aromatic rings. The van der Waals surface area contributed by atoms with Crippen LogP contribution in [0, 0.1) is 0 Å². The van der Waals surface area contributed by atoms with Crippen molar-refractivity contribution in [2.45, 2.75) is 6.42 Å². The van der Waals surface area contributed by atoms with E-state index in [0.717, 1.165) is 5.56 Å². The molecule has 0 aromatic carbocycles. The van der Waals surface area contributed by atoms with Gasteiger partial charge in [0.05, 0.1) is 12.4 Å². The van der Waals surface area contributed by atoms with E-state index in [1.54, 1.807) is 24.4 Å². The number of rotatable bonds is 4. The lowest BCUT2D eigenvalue weighted by Gasteiger charge is -2.07. The van der Waals surface area contributed by atoms with Gasteiger partial charge >= 0.3 is 0 Å². The summed E-state index contributed by atoms with van der Waals surface area (Å²) in [6.45, 7) is -0.452. The van der Waals surface area contributed by atoms with E-state index in [-0.39, 0.29) is 12.1 Å². The number of halogens is 1. The number of aryl methyl sites for hydroxylation is 1. The number of alkyl halides is 1. The van der Waals surface area contributed by atoms with Crippen LogP contribution in [0.2, 0.25) is 0 Å². The molecule has 0 unspecified atom stereocenters. The Balaban J connectivity index is 2.48. The third-order valence-electron chi connectivity index (χ3n) is 2.54. The zero-order valence-electron chi connectivity index (χ0n) is 9.64. The standard InChI is InChI=1S/C13H12FN3O/c14-5-3-9-2-1-6-17-12(9)10-4-7-16-11(8-10)13(15)18/h1-2,4,6-8H,3,5H2,(H2,15,18). The van der Waals surface area contributed by atoms with Crippen LogP contribution < -0.4 is 5.73 Å². The molecule has 2 rings (SSSR count). The number of carbonyl (C=O) groups excluding carboxylic acids is 1. The number of pyridine rings is 2. The van der Waals surface area contributed by atoms with Crippen LogP contribution in [0.5, 0.6) is 0 Å². The van der Waals surface area contributed by atoms with Gasteiger partial charge in [0.25, 0.3) is 5.91 Å². The first-order chi connectivity index (χ1) is 8.72. The molecule has 0 fully saturated rings. The molecule has 2 N–H and O–H groups in total. The maximum absolute atomic E-state index is 12.5. The van der Waals surface area contributed by atoms with Crippen LogP contribution in [0.3, 0.4) is 0 Å². The minimum atomic E-state index is -0.597. The molecule has 0 aliphatic heterocycles. The van der Waals surface area contributed by atoms with Crippen LogP contribution in [0.1, 0.15) is 16.1 Å². The molecule has 4 nitrogen and oxygen atoms in total. The van der Waals surface area contributed by atoms with Gasteiger partial charge < -0.3 is 5.73 Å². The highest BCUT2D eigenvalue weighted by atomic mass is 19.1. The fraction of sp³-hybridized carbons (Fsp3) is 0.154. The summed E-state index contributed by atoms with van der Waals surface area (Å²) in [4.78, 5) is 19.2. The third-order valence-corrected chi connectivity index (χ3v) is 2.54. The van der Waals surface area contributed by atoms with Crippen LogP contribution in [0.25, 0.3) is 11.3 Å². The lowest BCUT2D eigenvalue weighted by Crippen LogP contribution is -2.12. The molecule has 0 atom stereocenters. The maximum atomic E-state index is 12.5. The Morgan fingerprint density at radius 1 is 1.28 bits per heavy atom. The smallest absolute Gasteiger partial charge is 0.267 e. The molecule has 0 aliphatic rings. The van der Waals surface area contributed by atoms with Crippen molar-refractivity contribution in [1.82, 2.24) is 9.97 Å². The Morgan fingerprint density at radius 3 is 2.83 bits per heavy atom. The molecule has 0 bridgehead atoms. The SMILES string of the molecule is NC(=O)c1cc(-c2ncccc2CCF)ccn1. The monoisotopic (exact) mass is 245 g/mol. The van der Waals surface area contributed by atoms with E-state index in [9.17, 15) is 9.18 Å². The van der Waals surface area contributed by atoms with Gasteiger partial charge in [0.15, 0.2) is 0 Å². The summed E-state index contributed by atoms with van der Waals surface area (Å²) in [5, 5.41) is 0.